The summed E-state index contributed by atoms with van der Waals surface area (Å²) in [6.45, 7) is -1.16. The van der Waals surface area contributed by atoms with E-state index in [1.54, 1.807) is 0 Å². The highest BCUT2D eigenvalue weighted by Gasteiger charge is 2.27. The number of cyclic esters (lactones) is 2. The minimum atomic E-state index is -1.16. The van der Waals surface area contributed by atoms with Gasteiger partial charge in [-0.25, -0.2) is 0 Å². The molecule has 1 aliphatic rings. The largest absolute Gasteiger partial charge is 0.400 e. The van der Waals surface area contributed by atoms with Gasteiger partial charge in [0.25, 0.3) is 0 Å². The van der Waals surface area contributed by atoms with Gasteiger partial charge in [0.2, 0.25) is 0 Å². The van der Waals surface area contributed by atoms with E-state index in [9.17, 15) is 9.59 Å². The first kappa shape index (κ1) is 7.01. The molecule has 0 aromatic heterocycles. The highest BCUT2D eigenvalue weighted by molar-refractivity contribution is 5.92. The van der Waals surface area contributed by atoms with Crippen molar-refractivity contribution in [1.82, 2.24) is 0 Å². The van der Waals surface area contributed by atoms with Crippen LogP contribution in [0.4, 0.5) is 0 Å². The lowest BCUT2D eigenvalue weighted by molar-refractivity contribution is -0.269. The highest BCUT2D eigenvalue weighted by Crippen LogP contribution is 2.07. The maximum Gasteiger partial charge on any atom is 0.364 e. The van der Waals surface area contributed by atoms with Crippen molar-refractivity contribution in [3.63, 3.8) is 0 Å². The van der Waals surface area contributed by atoms with Crippen LogP contribution >= 0.6 is 0 Å². The lowest BCUT2D eigenvalue weighted by atomic mass is 10.4. The predicted octanol–water partition coefficient (Wildman–Crippen LogP) is -0.594. The number of methoxy groups -OCH3 is 1. The monoisotopic (exact) mass is 146 g/mol. The van der Waals surface area contributed by atoms with E-state index in [0.29, 0.717) is 0 Å². The summed E-state index contributed by atoms with van der Waals surface area (Å²) in [5.74, 6) is -1.24. The minimum absolute atomic E-state index is 0.333. The van der Waals surface area contributed by atoms with Crippen molar-refractivity contribution in [3.8, 4) is 0 Å². The Morgan fingerprint density at radius 2 is 1.90 bits per heavy atom. The Hall–Kier alpha value is -1.10. The van der Waals surface area contributed by atoms with E-state index in [1.807, 2.05) is 0 Å². The van der Waals surface area contributed by atoms with E-state index >= 15 is 0 Å². The third-order valence-corrected chi connectivity index (χ3v) is 0.936. The van der Waals surface area contributed by atoms with Gasteiger partial charge < -0.3 is 14.2 Å². The average molecular weight is 146 g/mol. The fourth-order valence-corrected chi connectivity index (χ4v) is 0.536. The Kier molecular flexibility index (Phi) is 1.86. The van der Waals surface area contributed by atoms with Crippen molar-refractivity contribution in [2.75, 3.05) is 7.11 Å². The number of hydrogen-bond donors (Lipinski definition) is 0. The molecular weight excluding hydrogens is 140 g/mol. The fourth-order valence-electron chi connectivity index (χ4n) is 0.536. The number of hydrogen-bond acceptors (Lipinski definition) is 5. The van der Waals surface area contributed by atoms with Gasteiger partial charge in [0.1, 0.15) is 6.42 Å². The van der Waals surface area contributed by atoms with Crippen LogP contribution in [0.3, 0.4) is 0 Å². The van der Waals surface area contributed by atoms with Crippen LogP contribution in [0, 0.1) is 0 Å². The van der Waals surface area contributed by atoms with E-state index < -0.39 is 18.4 Å². The molecule has 0 N–H and O–H groups in total. The molecule has 0 atom stereocenters. The van der Waals surface area contributed by atoms with Crippen LogP contribution in [0.15, 0.2) is 0 Å². The molecular formula is C5H6O5. The molecule has 56 valence electrons. The second-order valence-corrected chi connectivity index (χ2v) is 1.68. The quantitative estimate of drug-likeness (QED) is 0.365. The number of carbonyl (C=O) groups excluding carboxylic acids is 2. The number of rotatable bonds is 1. The summed E-state index contributed by atoms with van der Waals surface area (Å²) in [7, 11) is 1.27. The first-order chi connectivity index (χ1) is 4.72. The number of carbonyl (C=O) groups is 2. The molecule has 1 aliphatic heterocycles. The minimum Gasteiger partial charge on any atom is -0.400 e. The number of esters is 2. The van der Waals surface area contributed by atoms with Crippen molar-refractivity contribution in [1.29, 1.82) is 0 Å². The SMILES string of the molecule is COC1OC(=O)CC(=O)O1. The average Bonchev–Trinajstić information content (AvgIpc) is 1.85. The molecule has 5 heteroatoms. The molecule has 0 aromatic rings. The molecule has 0 radical (unpaired) electrons. The van der Waals surface area contributed by atoms with Gasteiger partial charge in [-0.05, 0) is 0 Å². The van der Waals surface area contributed by atoms with Gasteiger partial charge in [-0.3, -0.25) is 9.59 Å². The molecule has 1 heterocycles. The van der Waals surface area contributed by atoms with Crippen LogP contribution in [-0.2, 0) is 23.8 Å². The van der Waals surface area contributed by atoms with E-state index in [-0.39, 0.29) is 6.42 Å². The molecule has 0 aromatic carbocycles. The van der Waals surface area contributed by atoms with Crippen LogP contribution in [0.2, 0.25) is 0 Å². The zero-order chi connectivity index (χ0) is 7.56. The summed E-state index contributed by atoms with van der Waals surface area (Å²) in [5, 5.41) is 0. The van der Waals surface area contributed by atoms with Crippen LogP contribution in [0.5, 0.6) is 0 Å². The summed E-state index contributed by atoms with van der Waals surface area (Å²) >= 11 is 0. The van der Waals surface area contributed by atoms with E-state index in [0.717, 1.165) is 0 Å². The maximum absolute atomic E-state index is 10.4. The molecule has 5 nitrogen and oxygen atoms in total. The van der Waals surface area contributed by atoms with Gasteiger partial charge in [0.15, 0.2) is 0 Å². The van der Waals surface area contributed by atoms with Gasteiger partial charge in [0, 0.05) is 7.11 Å². The zero-order valence-electron chi connectivity index (χ0n) is 5.33. The molecule has 0 aliphatic carbocycles. The van der Waals surface area contributed by atoms with E-state index in [2.05, 4.69) is 14.2 Å². The lowest BCUT2D eigenvalue weighted by Crippen LogP contribution is -2.33. The van der Waals surface area contributed by atoms with Gasteiger partial charge in [0.05, 0.1) is 0 Å². The van der Waals surface area contributed by atoms with Gasteiger partial charge in [-0.15, -0.1) is 0 Å². The van der Waals surface area contributed by atoms with Crippen LogP contribution in [-0.4, -0.2) is 25.5 Å². The number of ether oxygens (including phenoxy) is 3. The topological polar surface area (TPSA) is 61.8 Å². The van der Waals surface area contributed by atoms with Crippen molar-refractivity contribution >= 4 is 11.9 Å². The Balaban J connectivity index is 2.50. The summed E-state index contributed by atoms with van der Waals surface area (Å²) in [5.41, 5.74) is 0. The molecule has 10 heavy (non-hydrogen) atoms. The smallest absolute Gasteiger partial charge is 0.364 e. The molecule has 1 rings (SSSR count). The molecule has 1 fully saturated rings. The highest BCUT2D eigenvalue weighted by atomic mass is 16.9. The third kappa shape index (κ3) is 1.44. The van der Waals surface area contributed by atoms with Gasteiger partial charge in [-0.1, -0.05) is 0 Å². The van der Waals surface area contributed by atoms with E-state index in [4.69, 9.17) is 0 Å². The Morgan fingerprint density at radius 3 is 2.30 bits per heavy atom. The van der Waals surface area contributed by atoms with Crippen molar-refractivity contribution in [3.05, 3.63) is 0 Å². The Labute approximate surface area is 56.9 Å². The standard InChI is InChI=1S/C5H6O5/c1-8-5-9-3(6)2-4(7)10-5/h5H,2H2,1H3. The molecule has 0 unspecified atom stereocenters. The van der Waals surface area contributed by atoms with E-state index in [1.165, 1.54) is 7.11 Å². The van der Waals surface area contributed by atoms with Gasteiger partial charge >= 0.3 is 18.4 Å². The van der Waals surface area contributed by atoms with Crippen LogP contribution in [0.1, 0.15) is 6.42 Å². The van der Waals surface area contributed by atoms with Gasteiger partial charge in [-0.2, -0.15) is 0 Å². The Morgan fingerprint density at radius 1 is 1.40 bits per heavy atom. The van der Waals surface area contributed by atoms with Crippen molar-refractivity contribution in [2.45, 2.75) is 12.9 Å². The zero-order valence-corrected chi connectivity index (χ0v) is 5.33. The summed E-state index contributed by atoms with van der Waals surface area (Å²) < 4.78 is 13.2. The maximum atomic E-state index is 10.4. The van der Waals surface area contributed by atoms with Crippen LogP contribution < -0.4 is 0 Å². The lowest BCUT2D eigenvalue weighted by Gasteiger charge is -2.19. The Bertz CT molecular complexity index is 147. The second kappa shape index (κ2) is 2.66. The van der Waals surface area contributed by atoms with Crippen molar-refractivity contribution < 1.29 is 23.8 Å². The second-order valence-electron chi connectivity index (χ2n) is 1.68. The third-order valence-electron chi connectivity index (χ3n) is 0.936. The molecule has 0 amide bonds. The van der Waals surface area contributed by atoms with Crippen molar-refractivity contribution in [2.24, 2.45) is 0 Å². The summed E-state index contributed by atoms with van der Waals surface area (Å²) in [6, 6.07) is 0. The molecule has 0 spiro atoms. The summed E-state index contributed by atoms with van der Waals surface area (Å²) in [6.07, 6.45) is -0.333. The normalized spacial score (nSPS) is 20.1. The first-order valence-corrected chi connectivity index (χ1v) is 2.64. The predicted molar refractivity (Wildman–Crippen MR) is 27.6 cm³/mol. The molecule has 0 bridgehead atoms. The molecule has 1 saturated heterocycles. The summed E-state index contributed by atoms with van der Waals surface area (Å²) in [4.78, 5) is 20.9. The first-order valence-electron chi connectivity index (χ1n) is 2.64. The fraction of sp³-hybridized carbons (Fsp3) is 0.600. The molecule has 0 saturated carbocycles. The van der Waals surface area contributed by atoms with Crippen LogP contribution in [0.25, 0.3) is 0 Å².